The lowest BCUT2D eigenvalue weighted by Crippen LogP contribution is -2.43. The van der Waals surface area contributed by atoms with E-state index in [1.165, 1.54) is 13.1 Å². The Morgan fingerprint density at radius 1 is 1.38 bits per heavy atom. The van der Waals surface area contributed by atoms with Gasteiger partial charge in [-0.25, -0.2) is 13.1 Å². The molecule has 1 aliphatic rings. The summed E-state index contributed by atoms with van der Waals surface area (Å²) in [6.07, 6.45) is 1.78. The molecule has 2 heterocycles. The number of carbonyl (C=O) groups excluding carboxylic acids is 1. The molecule has 0 bridgehead atoms. The highest BCUT2D eigenvalue weighted by molar-refractivity contribution is 7.89. The smallest absolute Gasteiger partial charge is 0.273 e. The van der Waals surface area contributed by atoms with Crippen molar-refractivity contribution in [3.63, 3.8) is 0 Å². The highest BCUT2D eigenvalue weighted by Gasteiger charge is 2.21. The third-order valence-corrected chi connectivity index (χ3v) is 4.96. The van der Waals surface area contributed by atoms with Gasteiger partial charge in [-0.2, -0.15) is 0 Å². The topological polar surface area (TPSA) is 91.7 Å². The highest BCUT2D eigenvalue weighted by atomic mass is 32.2. The Labute approximate surface area is 124 Å². The molecule has 8 heteroatoms. The summed E-state index contributed by atoms with van der Waals surface area (Å²) in [4.78, 5) is 13.1. The second-order valence-electron chi connectivity index (χ2n) is 5.09. The molecule has 118 valence electrons. The Morgan fingerprint density at radius 2 is 2.05 bits per heavy atom. The number of sulfonamides is 1. The normalized spacial score (nSPS) is 17.1. The molecule has 2 rings (SSSR count). The molecule has 7 nitrogen and oxygen atoms in total. The van der Waals surface area contributed by atoms with Crippen molar-refractivity contribution < 1.29 is 17.6 Å². The predicted molar refractivity (Wildman–Crippen MR) is 77.1 cm³/mol. The van der Waals surface area contributed by atoms with E-state index in [-0.39, 0.29) is 11.0 Å². The van der Waals surface area contributed by atoms with Crippen molar-refractivity contribution in [1.29, 1.82) is 0 Å². The van der Waals surface area contributed by atoms with Crippen LogP contribution in [-0.4, -0.2) is 45.4 Å². The van der Waals surface area contributed by atoms with Gasteiger partial charge in [0.05, 0.1) is 6.54 Å². The molecular weight excluding hydrogens is 294 g/mol. The molecule has 0 unspecified atom stereocenters. The van der Waals surface area contributed by atoms with E-state index in [0.717, 1.165) is 25.9 Å². The van der Waals surface area contributed by atoms with E-state index < -0.39 is 10.0 Å². The van der Waals surface area contributed by atoms with Crippen molar-refractivity contribution in [3.8, 4) is 0 Å². The molecule has 0 aliphatic carbocycles. The summed E-state index contributed by atoms with van der Waals surface area (Å²) in [6, 6.07) is 3.42. The number of nitrogens with zero attached hydrogens (tertiary/aromatic N) is 1. The average Bonchev–Trinajstić information content (AvgIpc) is 2.95. The van der Waals surface area contributed by atoms with E-state index in [1.54, 1.807) is 13.0 Å². The van der Waals surface area contributed by atoms with Crippen molar-refractivity contribution >= 4 is 15.9 Å². The van der Waals surface area contributed by atoms with Crippen molar-refractivity contribution in [2.75, 3.05) is 20.1 Å². The molecule has 0 saturated carbocycles. The zero-order chi connectivity index (χ0) is 15.5. The molecule has 0 aromatic carbocycles. The molecule has 1 aromatic heterocycles. The van der Waals surface area contributed by atoms with Crippen LogP contribution in [0.3, 0.4) is 0 Å². The maximum absolute atomic E-state index is 11.6. The van der Waals surface area contributed by atoms with Gasteiger partial charge < -0.3 is 14.6 Å². The average molecular weight is 315 g/mol. The summed E-state index contributed by atoms with van der Waals surface area (Å²) < 4.78 is 30.6. The van der Waals surface area contributed by atoms with Crippen molar-refractivity contribution in [1.82, 2.24) is 14.9 Å². The third-order valence-electron chi connectivity index (χ3n) is 3.68. The van der Waals surface area contributed by atoms with E-state index in [2.05, 4.69) is 10.0 Å². The van der Waals surface area contributed by atoms with E-state index in [4.69, 9.17) is 4.42 Å². The molecule has 0 radical (unpaired) electrons. The third kappa shape index (κ3) is 4.05. The molecule has 2 N–H and O–H groups in total. The van der Waals surface area contributed by atoms with Crippen LogP contribution in [0.25, 0.3) is 0 Å². The zero-order valence-electron chi connectivity index (χ0n) is 12.3. The van der Waals surface area contributed by atoms with Crippen molar-refractivity contribution in [3.05, 3.63) is 17.9 Å². The van der Waals surface area contributed by atoms with E-state index in [1.807, 2.05) is 4.90 Å². The van der Waals surface area contributed by atoms with Gasteiger partial charge in [0.25, 0.3) is 10.0 Å². The first-order chi connectivity index (χ1) is 9.92. The van der Waals surface area contributed by atoms with Crippen molar-refractivity contribution in [2.24, 2.45) is 0 Å². The Bertz CT molecular complexity index is 588. The van der Waals surface area contributed by atoms with Crippen LogP contribution >= 0.6 is 0 Å². The fraction of sp³-hybridized carbons (Fsp3) is 0.615. The summed E-state index contributed by atoms with van der Waals surface area (Å²) in [6.45, 7) is 3.57. The highest BCUT2D eigenvalue weighted by Crippen LogP contribution is 2.15. The maximum Gasteiger partial charge on any atom is 0.273 e. The molecule has 21 heavy (non-hydrogen) atoms. The molecular formula is C13H21N3O4S. The fourth-order valence-electron chi connectivity index (χ4n) is 2.34. The minimum atomic E-state index is -3.53. The second-order valence-corrected chi connectivity index (χ2v) is 6.91. The number of likely N-dealkylation sites (tertiary alicyclic amines) is 1. The number of amides is 1. The first-order valence-corrected chi connectivity index (χ1v) is 8.42. The Hall–Kier alpha value is -1.38. The number of hydrogen-bond acceptors (Lipinski definition) is 5. The van der Waals surface area contributed by atoms with Gasteiger partial charge in [-0.05, 0) is 32.0 Å². The molecule has 1 amide bonds. The fourth-order valence-corrected chi connectivity index (χ4v) is 3.01. The van der Waals surface area contributed by atoms with E-state index in [0.29, 0.717) is 18.3 Å². The van der Waals surface area contributed by atoms with Crippen LogP contribution in [-0.2, 0) is 21.4 Å². The first kappa shape index (κ1) is 16.0. The van der Waals surface area contributed by atoms with Gasteiger partial charge in [-0.1, -0.05) is 0 Å². The molecule has 1 aromatic rings. The molecule has 0 spiro atoms. The van der Waals surface area contributed by atoms with E-state index in [9.17, 15) is 13.2 Å². The number of rotatable bonds is 5. The first-order valence-electron chi connectivity index (χ1n) is 6.93. The zero-order valence-corrected chi connectivity index (χ0v) is 13.1. The largest absolute Gasteiger partial charge is 0.447 e. The summed E-state index contributed by atoms with van der Waals surface area (Å²) in [5, 5.41) is 3.26. The van der Waals surface area contributed by atoms with Crippen LogP contribution in [0, 0.1) is 0 Å². The minimum absolute atomic E-state index is 0.0757. The molecule has 1 saturated heterocycles. The summed E-state index contributed by atoms with van der Waals surface area (Å²) in [7, 11) is -2.18. The number of hydrogen-bond donors (Lipinski definition) is 2. The molecule has 1 aliphatic heterocycles. The second kappa shape index (κ2) is 6.59. The lowest BCUT2D eigenvalue weighted by Gasteiger charge is -2.31. The Morgan fingerprint density at radius 3 is 2.62 bits per heavy atom. The van der Waals surface area contributed by atoms with Crippen LogP contribution in [0.5, 0.6) is 0 Å². The standard InChI is InChI=1S/C13H21N3O4S/c1-10(17)16-7-5-11(6-8-16)15-9-12-3-4-13(20-12)21(18,19)14-2/h3-4,11,14-15H,5-9H2,1-2H3. The van der Waals surface area contributed by atoms with Crippen LogP contribution in [0.15, 0.2) is 21.6 Å². The van der Waals surface area contributed by atoms with Crippen LogP contribution < -0.4 is 10.0 Å². The summed E-state index contributed by atoms with van der Waals surface area (Å²) in [5.41, 5.74) is 0. The van der Waals surface area contributed by atoms with Gasteiger partial charge >= 0.3 is 0 Å². The molecule has 0 atom stereocenters. The van der Waals surface area contributed by atoms with Gasteiger partial charge in [-0.15, -0.1) is 0 Å². The van der Waals surface area contributed by atoms with Gasteiger partial charge in [0.15, 0.2) is 0 Å². The van der Waals surface area contributed by atoms with Crippen LogP contribution in [0.2, 0.25) is 0 Å². The summed E-state index contributed by atoms with van der Waals surface area (Å²) >= 11 is 0. The van der Waals surface area contributed by atoms with Gasteiger partial charge in [0, 0.05) is 26.1 Å². The van der Waals surface area contributed by atoms with E-state index >= 15 is 0 Å². The maximum atomic E-state index is 11.6. The summed E-state index contributed by atoms with van der Waals surface area (Å²) in [5.74, 6) is 0.694. The lowest BCUT2D eigenvalue weighted by atomic mass is 10.1. The number of piperidine rings is 1. The van der Waals surface area contributed by atoms with Crippen molar-refractivity contribution in [2.45, 2.75) is 37.4 Å². The SMILES string of the molecule is CNS(=O)(=O)c1ccc(CNC2CCN(C(C)=O)CC2)o1. The van der Waals surface area contributed by atoms with Gasteiger partial charge in [0.1, 0.15) is 5.76 Å². The van der Waals surface area contributed by atoms with Crippen LogP contribution in [0.4, 0.5) is 0 Å². The van der Waals surface area contributed by atoms with Gasteiger partial charge in [-0.3, -0.25) is 4.79 Å². The predicted octanol–water partition coefficient (Wildman–Crippen LogP) is 0.288. The number of carbonyl (C=O) groups is 1. The Kier molecular flexibility index (Phi) is 5.02. The monoisotopic (exact) mass is 315 g/mol. The van der Waals surface area contributed by atoms with Crippen LogP contribution in [0.1, 0.15) is 25.5 Å². The van der Waals surface area contributed by atoms with Gasteiger partial charge in [0.2, 0.25) is 11.0 Å². The minimum Gasteiger partial charge on any atom is -0.447 e. The number of nitrogens with one attached hydrogen (secondary N) is 2. The number of furan rings is 1. The lowest BCUT2D eigenvalue weighted by molar-refractivity contribution is -0.129. The molecule has 1 fully saturated rings. The quantitative estimate of drug-likeness (QED) is 0.815. The Balaban J connectivity index is 1.83.